The molecule has 0 heterocycles. The molecule has 3 N–H and O–H groups in total. The zero-order chi connectivity index (χ0) is 22.4. The molecular formula is C25H25Cl2NO3. The van der Waals surface area contributed by atoms with E-state index in [2.05, 4.69) is 42.7 Å². The third kappa shape index (κ3) is 5.66. The summed E-state index contributed by atoms with van der Waals surface area (Å²) in [4.78, 5) is 10.1. The summed E-state index contributed by atoms with van der Waals surface area (Å²) in [5.41, 5.74) is 4.49. The lowest BCUT2D eigenvalue weighted by Gasteiger charge is -2.30. The van der Waals surface area contributed by atoms with Crippen LogP contribution in [0.2, 0.25) is 10.0 Å². The predicted octanol–water partition coefficient (Wildman–Crippen LogP) is 3.62. The van der Waals surface area contributed by atoms with Gasteiger partial charge in [0.1, 0.15) is 12.1 Å². The van der Waals surface area contributed by atoms with Gasteiger partial charge in [-0.05, 0) is 35.2 Å². The van der Waals surface area contributed by atoms with Gasteiger partial charge in [-0.25, -0.2) is 0 Å². The summed E-state index contributed by atoms with van der Waals surface area (Å²) < 4.78 is 0. The highest BCUT2D eigenvalue weighted by molar-refractivity contribution is 6.42. The number of carboxylic acids is 1. The molecule has 4 rings (SSSR count). The minimum absolute atomic E-state index is 0.340. The number of aliphatic carboxylic acids is 1. The van der Waals surface area contributed by atoms with Gasteiger partial charge < -0.3 is 20.3 Å². The quantitative estimate of drug-likeness (QED) is 0.627. The van der Waals surface area contributed by atoms with Crippen molar-refractivity contribution < 1.29 is 20.3 Å². The van der Waals surface area contributed by atoms with E-state index in [4.69, 9.17) is 28.3 Å². The van der Waals surface area contributed by atoms with E-state index < -0.39 is 12.1 Å². The van der Waals surface area contributed by atoms with Crippen LogP contribution in [-0.4, -0.2) is 18.1 Å². The minimum atomic E-state index is -1.52. The molecule has 3 atom stereocenters. The standard InChI is InChI=1S/C17H17Cl2N.C8H8O3/c1-20-17-9-7-12(13-4-2-3-5-14(13)17)11-6-8-15(18)16(19)10-11;9-7(8(10)11)6-4-2-1-3-5-6/h2-6,8,10,12,17,20H,7,9H2,1H3;1-5,7,9H,(H,10,11)/t12-,17-;7-/m00/s1. The molecule has 0 fully saturated rings. The Hall–Kier alpha value is -2.37. The first-order valence-electron chi connectivity index (χ1n) is 10.2. The van der Waals surface area contributed by atoms with Crippen molar-refractivity contribution in [3.8, 4) is 0 Å². The SMILES string of the molecule is C[NH2+][C@H]1CC[C@@H](c2ccc(Cl)c(Cl)c2)c2ccccc21.O=C([O-])[C@@H](O)c1ccccc1. The molecule has 31 heavy (non-hydrogen) atoms. The maximum absolute atomic E-state index is 10.1. The molecule has 0 unspecified atom stereocenters. The number of halogens is 2. The van der Waals surface area contributed by atoms with Crippen molar-refractivity contribution in [1.29, 1.82) is 0 Å². The zero-order valence-corrected chi connectivity index (χ0v) is 18.7. The van der Waals surface area contributed by atoms with Gasteiger partial charge in [-0.3, -0.25) is 0 Å². The van der Waals surface area contributed by atoms with Crippen molar-refractivity contribution in [2.24, 2.45) is 0 Å². The Bertz CT molecular complexity index is 1030. The molecule has 3 aromatic carbocycles. The number of rotatable bonds is 4. The molecule has 0 aromatic heterocycles. The van der Waals surface area contributed by atoms with Crippen molar-refractivity contribution in [3.05, 3.63) is 105 Å². The Morgan fingerprint density at radius 2 is 1.61 bits per heavy atom. The molecule has 0 saturated carbocycles. The normalized spacial score (nSPS) is 18.3. The van der Waals surface area contributed by atoms with E-state index in [1.54, 1.807) is 18.2 Å². The highest BCUT2D eigenvalue weighted by Crippen LogP contribution is 2.41. The van der Waals surface area contributed by atoms with E-state index >= 15 is 0 Å². The summed E-state index contributed by atoms with van der Waals surface area (Å²) in [5.74, 6) is -1.05. The molecule has 0 spiro atoms. The van der Waals surface area contributed by atoms with Gasteiger partial charge in [-0.1, -0.05) is 83.9 Å². The van der Waals surface area contributed by atoms with Crippen LogP contribution in [0.4, 0.5) is 0 Å². The molecule has 0 bridgehead atoms. The van der Waals surface area contributed by atoms with Crippen LogP contribution in [-0.2, 0) is 4.79 Å². The molecule has 0 saturated heterocycles. The van der Waals surface area contributed by atoms with Crippen LogP contribution in [0.25, 0.3) is 0 Å². The number of aliphatic hydroxyl groups is 1. The first kappa shape index (κ1) is 23.3. The van der Waals surface area contributed by atoms with Crippen LogP contribution in [0.1, 0.15) is 53.2 Å². The molecule has 0 aliphatic heterocycles. The first-order valence-corrected chi connectivity index (χ1v) is 10.9. The summed E-state index contributed by atoms with van der Waals surface area (Å²) in [7, 11) is 2.15. The average molecular weight is 458 g/mol. The van der Waals surface area contributed by atoms with Gasteiger partial charge in [-0.15, -0.1) is 0 Å². The van der Waals surface area contributed by atoms with Crippen molar-refractivity contribution in [2.45, 2.75) is 30.9 Å². The van der Waals surface area contributed by atoms with Crippen LogP contribution in [0, 0.1) is 0 Å². The highest BCUT2D eigenvalue weighted by Gasteiger charge is 2.29. The monoisotopic (exact) mass is 457 g/mol. The summed E-state index contributed by atoms with van der Waals surface area (Å²) in [5, 5.41) is 22.7. The minimum Gasteiger partial charge on any atom is -0.547 e. The second-order valence-corrected chi connectivity index (χ2v) is 8.32. The molecule has 0 radical (unpaired) electrons. The van der Waals surface area contributed by atoms with Gasteiger partial charge in [0.25, 0.3) is 0 Å². The van der Waals surface area contributed by atoms with E-state index in [1.807, 2.05) is 12.1 Å². The summed E-state index contributed by atoms with van der Waals surface area (Å²) >= 11 is 12.2. The number of hydrogen-bond donors (Lipinski definition) is 2. The van der Waals surface area contributed by atoms with Gasteiger partial charge in [0.2, 0.25) is 0 Å². The Morgan fingerprint density at radius 3 is 2.23 bits per heavy atom. The lowest BCUT2D eigenvalue weighted by atomic mass is 9.77. The summed E-state index contributed by atoms with van der Waals surface area (Å²) in [6.45, 7) is 0. The number of benzene rings is 3. The van der Waals surface area contributed by atoms with Crippen molar-refractivity contribution in [1.82, 2.24) is 0 Å². The summed E-state index contributed by atoms with van der Waals surface area (Å²) in [6, 6.07) is 23.5. The van der Waals surface area contributed by atoms with Crippen LogP contribution in [0.15, 0.2) is 72.8 Å². The van der Waals surface area contributed by atoms with Crippen LogP contribution >= 0.6 is 23.2 Å². The Morgan fingerprint density at radius 1 is 0.968 bits per heavy atom. The van der Waals surface area contributed by atoms with Crippen LogP contribution < -0.4 is 10.4 Å². The predicted molar refractivity (Wildman–Crippen MR) is 121 cm³/mol. The average Bonchev–Trinajstić information content (AvgIpc) is 2.80. The number of carboxylic acid groups (broad SMARTS) is 1. The number of aliphatic hydroxyl groups excluding tert-OH is 1. The number of hydrogen-bond acceptors (Lipinski definition) is 3. The van der Waals surface area contributed by atoms with Crippen molar-refractivity contribution in [3.63, 3.8) is 0 Å². The van der Waals surface area contributed by atoms with Crippen molar-refractivity contribution in [2.75, 3.05) is 7.05 Å². The lowest BCUT2D eigenvalue weighted by Crippen LogP contribution is -2.81. The fourth-order valence-corrected chi connectivity index (χ4v) is 4.32. The van der Waals surface area contributed by atoms with E-state index in [0.717, 1.165) is 6.42 Å². The molecule has 0 amide bonds. The number of fused-ring (bicyclic) bond motifs is 1. The van der Waals surface area contributed by atoms with Gasteiger partial charge in [0, 0.05) is 17.9 Å². The van der Waals surface area contributed by atoms with Gasteiger partial charge >= 0.3 is 0 Å². The molecule has 1 aliphatic rings. The van der Waals surface area contributed by atoms with Gasteiger partial charge in [-0.2, -0.15) is 0 Å². The Balaban J connectivity index is 0.000000210. The molecule has 4 nitrogen and oxygen atoms in total. The maximum atomic E-state index is 10.1. The third-order valence-electron chi connectivity index (χ3n) is 5.62. The fourth-order valence-electron chi connectivity index (χ4n) is 4.02. The molecule has 1 aliphatic carbocycles. The topological polar surface area (TPSA) is 77.0 Å². The van der Waals surface area contributed by atoms with Crippen LogP contribution in [0.3, 0.4) is 0 Å². The first-order chi connectivity index (χ1) is 14.9. The molecule has 162 valence electrons. The third-order valence-corrected chi connectivity index (χ3v) is 6.36. The lowest BCUT2D eigenvalue weighted by molar-refractivity contribution is -0.671. The second-order valence-electron chi connectivity index (χ2n) is 7.50. The largest absolute Gasteiger partial charge is 0.547 e. The van der Waals surface area contributed by atoms with Crippen molar-refractivity contribution >= 4 is 29.2 Å². The second kappa shape index (κ2) is 10.8. The van der Waals surface area contributed by atoms with E-state index in [-0.39, 0.29) is 0 Å². The molecule has 6 heteroatoms. The van der Waals surface area contributed by atoms with Gasteiger partial charge in [0.05, 0.1) is 23.1 Å². The smallest absolute Gasteiger partial charge is 0.118 e. The number of carbonyl (C=O) groups is 1. The Kier molecular flexibility index (Phi) is 8.10. The highest BCUT2D eigenvalue weighted by atomic mass is 35.5. The van der Waals surface area contributed by atoms with E-state index in [1.165, 1.54) is 35.2 Å². The number of nitrogens with two attached hydrogens (primary N) is 1. The zero-order valence-electron chi connectivity index (χ0n) is 17.2. The summed E-state index contributed by atoms with van der Waals surface area (Å²) in [6.07, 6.45) is 0.832. The van der Waals surface area contributed by atoms with E-state index in [0.29, 0.717) is 27.6 Å². The number of carbonyl (C=O) groups excluding carboxylic acids is 1. The van der Waals surface area contributed by atoms with Crippen LogP contribution in [0.5, 0.6) is 0 Å². The Labute approximate surface area is 192 Å². The van der Waals surface area contributed by atoms with E-state index in [9.17, 15) is 9.90 Å². The molecule has 3 aromatic rings. The number of quaternary nitrogens is 1. The van der Waals surface area contributed by atoms with Gasteiger partial charge in [0.15, 0.2) is 0 Å². The maximum Gasteiger partial charge on any atom is 0.118 e. The fraction of sp³-hybridized carbons (Fsp3) is 0.240. The molecular weight excluding hydrogens is 433 g/mol.